The molecule has 0 fully saturated rings. The van der Waals surface area contributed by atoms with Crippen molar-refractivity contribution in [1.29, 1.82) is 0 Å². The molecular formula is C14H23NO. The van der Waals surface area contributed by atoms with Gasteiger partial charge in [0.15, 0.2) is 0 Å². The predicted octanol–water partition coefficient (Wildman–Crippen LogP) is 3.09. The van der Waals surface area contributed by atoms with E-state index < -0.39 is 0 Å². The van der Waals surface area contributed by atoms with Crippen LogP contribution in [0.15, 0.2) is 18.2 Å². The Hall–Kier alpha value is -1.02. The smallest absolute Gasteiger partial charge is 0.122 e. The average molecular weight is 221 g/mol. The zero-order chi connectivity index (χ0) is 12.1. The van der Waals surface area contributed by atoms with Crippen LogP contribution in [0.1, 0.15) is 37.3 Å². The first kappa shape index (κ1) is 13.0. The molecule has 2 N–H and O–H groups in total. The average Bonchev–Trinajstić information content (AvgIpc) is 2.25. The van der Waals surface area contributed by atoms with E-state index >= 15 is 0 Å². The molecule has 0 bridgehead atoms. The van der Waals surface area contributed by atoms with Crippen LogP contribution in [0.3, 0.4) is 0 Å². The highest BCUT2D eigenvalue weighted by Crippen LogP contribution is 2.31. The van der Waals surface area contributed by atoms with E-state index in [4.69, 9.17) is 10.5 Å². The van der Waals surface area contributed by atoms with Crippen molar-refractivity contribution >= 4 is 0 Å². The summed E-state index contributed by atoms with van der Waals surface area (Å²) >= 11 is 0. The molecule has 2 nitrogen and oxygen atoms in total. The van der Waals surface area contributed by atoms with Gasteiger partial charge < -0.3 is 10.5 Å². The zero-order valence-electron chi connectivity index (χ0n) is 10.8. The van der Waals surface area contributed by atoms with Crippen LogP contribution in [0.5, 0.6) is 5.75 Å². The van der Waals surface area contributed by atoms with Crippen molar-refractivity contribution in [2.45, 2.75) is 33.1 Å². The summed E-state index contributed by atoms with van der Waals surface area (Å²) in [5.41, 5.74) is 8.38. The second kappa shape index (κ2) is 5.90. The minimum atomic E-state index is 0.398. The number of nitrogens with two attached hydrogens (primary N) is 1. The highest BCUT2D eigenvalue weighted by Gasteiger charge is 2.16. The van der Waals surface area contributed by atoms with E-state index in [9.17, 15) is 0 Å². The standard InChI is InChI=1S/C14H23NO/c1-10(2)7-12(9-15)13-8-11(3)5-6-14(13)16-4/h5-6,8,10,12H,7,9,15H2,1-4H3. The summed E-state index contributed by atoms with van der Waals surface area (Å²) in [4.78, 5) is 0. The number of aryl methyl sites for hydroxylation is 1. The summed E-state index contributed by atoms with van der Waals surface area (Å²) in [6.45, 7) is 7.24. The van der Waals surface area contributed by atoms with E-state index in [0.29, 0.717) is 18.4 Å². The van der Waals surface area contributed by atoms with Gasteiger partial charge in [0.2, 0.25) is 0 Å². The highest BCUT2D eigenvalue weighted by atomic mass is 16.5. The lowest BCUT2D eigenvalue weighted by molar-refractivity contribution is 0.399. The van der Waals surface area contributed by atoms with Gasteiger partial charge in [-0.25, -0.2) is 0 Å². The Labute approximate surface area is 98.8 Å². The molecule has 0 aliphatic heterocycles. The van der Waals surface area contributed by atoms with Crippen LogP contribution in [0.25, 0.3) is 0 Å². The van der Waals surface area contributed by atoms with Crippen molar-refractivity contribution in [2.75, 3.05) is 13.7 Å². The van der Waals surface area contributed by atoms with Crippen LogP contribution in [0, 0.1) is 12.8 Å². The fourth-order valence-corrected chi connectivity index (χ4v) is 2.09. The molecule has 2 heteroatoms. The monoisotopic (exact) mass is 221 g/mol. The third kappa shape index (κ3) is 3.24. The maximum absolute atomic E-state index is 5.87. The van der Waals surface area contributed by atoms with Gasteiger partial charge >= 0.3 is 0 Å². The molecule has 0 saturated carbocycles. The molecule has 0 spiro atoms. The number of ether oxygens (including phenoxy) is 1. The maximum Gasteiger partial charge on any atom is 0.122 e. The largest absolute Gasteiger partial charge is 0.496 e. The van der Waals surface area contributed by atoms with E-state index in [2.05, 4.69) is 32.9 Å². The summed E-state index contributed by atoms with van der Waals surface area (Å²) in [6.07, 6.45) is 1.11. The van der Waals surface area contributed by atoms with Crippen LogP contribution >= 0.6 is 0 Å². The molecular weight excluding hydrogens is 198 g/mol. The van der Waals surface area contributed by atoms with Crippen molar-refractivity contribution in [3.63, 3.8) is 0 Å². The van der Waals surface area contributed by atoms with Gasteiger partial charge in [-0.2, -0.15) is 0 Å². The molecule has 90 valence electrons. The van der Waals surface area contributed by atoms with E-state index in [1.54, 1.807) is 7.11 Å². The predicted molar refractivity (Wildman–Crippen MR) is 69.0 cm³/mol. The first-order valence-electron chi connectivity index (χ1n) is 5.93. The lowest BCUT2D eigenvalue weighted by atomic mass is 9.89. The summed E-state index contributed by atoms with van der Waals surface area (Å²) in [5, 5.41) is 0. The number of rotatable bonds is 5. The van der Waals surface area contributed by atoms with E-state index in [1.165, 1.54) is 11.1 Å². The Bertz CT molecular complexity index is 334. The Morgan fingerprint density at radius 2 is 2.00 bits per heavy atom. The second-order valence-electron chi connectivity index (χ2n) is 4.81. The van der Waals surface area contributed by atoms with Crippen LogP contribution < -0.4 is 10.5 Å². The Balaban J connectivity index is 3.02. The van der Waals surface area contributed by atoms with Gasteiger partial charge in [-0.3, -0.25) is 0 Å². The van der Waals surface area contributed by atoms with Crippen molar-refractivity contribution in [1.82, 2.24) is 0 Å². The molecule has 0 heterocycles. The molecule has 0 radical (unpaired) electrons. The van der Waals surface area contributed by atoms with E-state index in [1.807, 2.05) is 6.07 Å². The zero-order valence-corrected chi connectivity index (χ0v) is 10.8. The number of hydrogen-bond acceptors (Lipinski definition) is 2. The number of benzene rings is 1. The summed E-state index contributed by atoms with van der Waals surface area (Å²) < 4.78 is 5.41. The lowest BCUT2D eigenvalue weighted by Crippen LogP contribution is -2.15. The molecule has 1 unspecified atom stereocenters. The van der Waals surface area contributed by atoms with Crippen LogP contribution in [0.4, 0.5) is 0 Å². The molecule has 0 amide bonds. The normalized spacial score (nSPS) is 12.9. The van der Waals surface area contributed by atoms with Crippen molar-refractivity contribution in [3.05, 3.63) is 29.3 Å². The third-order valence-corrected chi connectivity index (χ3v) is 2.87. The van der Waals surface area contributed by atoms with Gasteiger partial charge in [0, 0.05) is 5.92 Å². The molecule has 1 aromatic rings. The van der Waals surface area contributed by atoms with Crippen LogP contribution in [-0.4, -0.2) is 13.7 Å². The summed E-state index contributed by atoms with van der Waals surface area (Å²) in [5.74, 6) is 2.01. The van der Waals surface area contributed by atoms with Crippen molar-refractivity contribution in [3.8, 4) is 5.75 Å². The van der Waals surface area contributed by atoms with Gasteiger partial charge in [0.1, 0.15) is 5.75 Å². The topological polar surface area (TPSA) is 35.2 Å². The van der Waals surface area contributed by atoms with Gasteiger partial charge in [0.05, 0.1) is 7.11 Å². The first-order valence-corrected chi connectivity index (χ1v) is 5.93. The highest BCUT2D eigenvalue weighted by molar-refractivity contribution is 5.39. The fourth-order valence-electron chi connectivity index (χ4n) is 2.09. The fraction of sp³-hybridized carbons (Fsp3) is 0.571. The second-order valence-corrected chi connectivity index (χ2v) is 4.81. The number of hydrogen-bond donors (Lipinski definition) is 1. The van der Waals surface area contributed by atoms with Gasteiger partial charge in [0.25, 0.3) is 0 Å². The van der Waals surface area contributed by atoms with Gasteiger partial charge in [-0.15, -0.1) is 0 Å². The summed E-state index contributed by atoms with van der Waals surface area (Å²) in [7, 11) is 1.72. The number of methoxy groups -OCH3 is 1. The molecule has 1 atom stereocenters. The molecule has 0 saturated heterocycles. The van der Waals surface area contributed by atoms with Crippen molar-refractivity contribution in [2.24, 2.45) is 11.7 Å². The molecule has 0 aromatic heterocycles. The van der Waals surface area contributed by atoms with Crippen LogP contribution in [-0.2, 0) is 0 Å². The Morgan fingerprint density at radius 3 is 2.50 bits per heavy atom. The quantitative estimate of drug-likeness (QED) is 0.829. The van der Waals surface area contributed by atoms with Crippen molar-refractivity contribution < 1.29 is 4.74 Å². The van der Waals surface area contributed by atoms with E-state index in [-0.39, 0.29) is 0 Å². The molecule has 1 rings (SSSR count). The van der Waals surface area contributed by atoms with Crippen LogP contribution in [0.2, 0.25) is 0 Å². The molecule has 0 aliphatic rings. The maximum atomic E-state index is 5.87. The lowest BCUT2D eigenvalue weighted by Gasteiger charge is -2.20. The molecule has 0 aliphatic carbocycles. The summed E-state index contributed by atoms with van der Waals surface area (Å²) in [6, 6.07) is 6.30. The molecule has 1 aromatic carbocycles. The first-order chi connectivity index (χ1) is 7.58. The third-order valence-electron chi connectivity index (χ3n) is 2.87. The van der Waals surface area contributed by atoms with E-state index in [0.717, 1.165) is 12.2 Å². The van der Waals surface area contributed by atoms with Gasteiger partial charge in [-0.1, -0.05) is 31.5 Å². The molecule has 16 heavy (non-hydrogen) atoms. The van der Waals surface area contributed by atoms with Gasteiger partial charge in [-0.05, 0) is 37.4 Å². The Kier molecular flexibility index (Phi) is 4.81. The minimum absolute atomic E-state index is 0.398. The minimum Gasteiger partial charge on any atom is -0.496 e. The SMILES string of the molecule is COc1ccc(C)cc1C(CN)CC(C)C. The Morgan fingerprint density at radius 1 is 1.31 bits per heavy atom.